The summed E-state index contributed by atoms with van der Waals surface area (Å²) < 4.78 is 0. The molecule has 0 rings (SSSR count). The van der Waals surface area contributed by atoms with Crippen LogP contribution in [0.15, 0.2) is 47.6 Å². The molecule has 17 heavy (non-hydrogen) atoms. The van der Waals surface area contributed by atoms with Crippen LogP contribution in [0, 0.1) is 6.42 Å². The standard InChI is InChI=1S/C17H27/c1-6-7-11-16(4)13-9-14-17(5)12-8-10-15(2)3/h6-7,10-11,14H,1,8-9,12-13H2,2-5H3/b16-11-,17-14+. The molecule has 0 aromatic heterocycles. The van der Waals surface area contributed by atoms with E-state index in [1.165, 1.54) is 29.6 Å². The first-order valence-corrected chi connectivity index (χ1v) is 6.46. The summed E-state index contributed by atoms with van der Waals surface area (Å²) in [4.78, 5) is 0. The number of hydrogen-bond donors (Lipinski definition) is 0. The second-order valence-corrected chi connectivity index (χ2v) is 4.85. The van der Waals surface area contributed by atoms with Gasteiger partial charge in [0.25, 0.3) is 0 Å². The van der Waals surface area contributed by atoms with Gasteiger partial charge in [0, 0.05) is 6.42 Å². The van der Waals surface area contributed by atoms with Gasteiger partial charge in [-0.3, -0.25) is 0 Å². The van der Waals surface area contributed by atoms with E-state index in [1.54, 1.807) is 0 Å². The first kappa shape index (κ1) is 16.0. The van der Waals surface area contributed by atoms with Crippen LogP contribution in [0.4, 0.5) is 0 Å². The van der Waals surface area contributed by atoms with Crippen molar-refractivity contribution in [3.05, 3.63) is 54.0 Å². The molecule has 0 aliphatic heterocycles. The largest absolute Gasteiger partial charge is 0.102 e. The van der Waals surface area contributed by atoms with Crippen LogP contribution in [0.2, 0.25) is 0 Å². The minimum Gasteiger partial charge on any atom is -0.102 e. The zero-order valence-corrected chi connectivity index (χ0v) is 11.9. The van der Waals surface area contributed by atoms with Crippen LogP contribution < -0.4 is 0 Å². The fourth-order valence-electron chi connectivity index (χ4n) is 1.55. The van der Waals surface area contributed by atoms with Gasteiger partial charge in [-0.05, 0) is 53.4 Å². The molecular formula is C17H27. The molecule has 0 nitrogen and oxygen atoms in total. The van der Waals surface area contributed by atoms with Gasteiger partial charge in [0.05, 0.1) is 0 Å². The zero-order chi connectivity index (χ0) is 13.1. The smallest absolute Gasteiger partial charge is 0.00440 e. The van der Waals surface area contributed by atoms with Gasteiger partial charge in [-0.1, -0.05) is 41.0 Å². The van der Waals surface area contributed by atoms with Crippen molar-refractivity contribution >= 4 is 0 Å². The van der Waals surface area contributed by atoms with Gasteiger partial charge in [-0.2, -0.15) is 0 Å². The minimum atomic E-state index is 1.14. The molecule has 0 aromatic carbocycles. The normalized spacial score (nSPS) is 12.5. The molecule has 95 valence electrons. The Morgan fingerprint density at radius 1 is 0.882 bits per heavy atom. The Morgan fingerprint density at radius 2 is 1.47 bits per heavy atom. The van der Waals surface area contributed by atoms with Crippen molar-refractivity contribution in [2.75, 3.05) is 0 Å². The monoisotopic (exact) mass is 231 g/mol. The second kappa shape index (κ2) is 10.1. The first-order chi connectivity index (χ1) is 8.06. The molecule has 1 radical (unpaired) electrons. The van der Waals surface area contributed by atoms with Crippen molar-refractivity contribution < 1.29 is 0 Å². The third-order valence-electron chi connectivity index (χ3n) is 2.64. The first-order valence-electron chi connectivity index (χ1n) is 6.46. The van der Waals surface area contributed by atoms with Gasteiger partial charge in [0.15, 0.2) is 0 Å². The Morgan fingerprint density at radius 3 is 2.06 bits per heavy atom. The van der Waals surface area contributed by atoms with E-state index in [4.69, 9.17) is 0 Å². The summed E-state index contributed by atoms with van der Waals surface area (Å²) in [5.41, 5.74) is 4.33. The fourth-order valence-corrected chi connectivity index (χ4v) is 1.55. The maximum atomic E-state index is 3.67. The Bertz CT molecular complexity index is 296. The molecular weight excluding hydrogens is 204 g/mol. The second-order valence-electron chi connectivity index (χ2n) is 4.85. The molecule has 0 N–H and O–H groups in total. The molecule has 0 heterocycles. The van der Waals surface area contributed by atoms with E-state index >= 15 is 0 Å². The molecule has 0 heteroatoms. The lowest BCUT2D eigenvalue weighted by Crippen LogP contribution is -1.80. The van der Waals surface area contributed by atoms with E-state index in [0.29, 0.717) is 0 Å². The number of allylic oxidation sites excluding steroid dienone is 7. The van der Waals surface area contributed by atoms with Crippen molar-refractivity contribution in [1.82, 2.24) is 0 Å². The van der Waals surface area contributed by atoms with Crippen molar-refractivity contribution in [1.29, 1.82) is 0 Å². The third kappa shape index (κ3) is 11.2. The maximum absolute atomic E-state index is 3.67. The Hall–Kier alpha value is -1.04. The quantitative estimate of drug-likeness (QED) is 0.463. The van der Waals surface area contributed by atoms with Gasteiger partial charge in [0.1, 0.15) is 0 Å². The molecule has 0 atom stereocenters. The Kier molecular flexibility index (Phi) is 9.52. The van der Waals surface area contributed by atoms with Gasteiger partial charge in [-0.15, -0.1) is 6.58 Å². The van der Waals surface area contributed by atoms with Crippen molar-refractivity contribution in [3.63, 3.8) is 0 Å². The van der Waals surface area contributed by atoms with Crippen molar-refractivity contribution in [2.24, 2.45) is 0 Å². The van der Waals surface area contributed by atoms with E-state index in [-0.39, 0.29) is 0 Å². The van der Waals surface area contributed by atoms with E-state index in [0.717, 1.165) is 12.8 Å². The lowest BCUT2D eigenvalue weighted by molar-refractivity contribution is 0.918. The molecule has 0 spiro atoms. The molecule has 0 bridgehead atoms. The van der Waals surface area contributed by atoms with Crippen LogP contribution in [0.1, 0.15) is 53.4 Å². The molecule has 0 saturated heterocycles. The van der Waals surface area contributed by atoms with Crippen LogP contribution in [0.3, 0.4) is 0 Å². The molecule has 0 aliphatic carbocycles. The van der Waals surface area contributed by atoms with E-state index in [9.17, 15) is 0 Å². The molecule has 0 aromatic rings. The highest BCUT2D eigenvalue weighted by molar-refractivity contribution is 5.13. The average molecular weight is 231 g/mol. The molecule has 0 unspecified atom stereocenters. The number of hydrogen-bond acceptors (Lipinski definition) is 0. The summed E-state index contributed by atoms with van der Waals surface area (Å²) in [6, 6.07) is 0. The number of rotatable bonds is 8. The van der Waals surface area contributed by atoms with Crippen LogP contribution in [0.25, 0.3) is 0 Å². The lowest BCUT2D eigenvalue weighted by Gasteiger charge is -2.00. The van der Waals surface area contributed by atoms with Crippen molar-refractivity contribution in [3.8, 4) is 0 Å². The summed E-state index contributed by atoms with van der Waals surface area (Å²) in [5, 5.41) is 0. The summed E-state index contributed by atoms with van der Waals surface area (Å²) in [6.07, 6.45) is 15.3. The predicted molar refractivity (Wildman–Crippen MR) is 79.9 cm³/mol. The zero-order valence-electron chi connectivity index (χ0n) is 11.9. The van der Waals surface area contributed by atoms with E-state index < -0.39 is 0 Å². The van der Waals surface area contributed by atoms with Crippen LogP contribution in [-0.2, 0) is 0 Å². The Labute approximate surface area is 108 Å². The van der Waals surface area contributed by atoms with Gasteiger partial charge in [-0.25, -0.2) is 0 Å². The highest BCUT2D eigenvalue weighted by atomic mass is 14.0. The molecule has 0 fully saturated rings. The average Bonchev–Trinajstić information content (AvgIpc) is 2.25. The van der Waals surface area contributed by atoms with Crippen molar-refractivity contribution in [2.45, 2.75) is 53.4 Å². The Balaban J connectivity index is 3.83. The topological polar surface area (TPSA) is 0 Å². The highest BCUT2D eigenvalue weighted by Gasteiger charge is 1.91. The lowest BCUT2D eigenvalue weighted by atomic mass is 10.1. The fraction of sp³-hybridized carbons (Fsp3) is 0.471. The molecule has 0 amide bonds. The van der Waals surface area contributed by atoms with E-state index in [2.05, 4.69) is 52.5 Å². The predicted octanol–water partition coefficient (Wildman–Crippen LogP) is 5.80. The van der Waals surface area contributed by atoms with Gasteiger partial charge >= 0.3 is 0 Å². The summed E-state index contributed by atoms with van der Waals surface area (Å²) in [6.45, 7) is 12.4. The van der Waals surface area contributed by atoms with E-state index in [1.807, 2.05) is 12.5 Å². The molecule has 0 saturated carbocycles. The SMILES string of the molecule is C=C[CH]/C=C(/C)CC/C=C(\C)CCC=C(C)C. The van der Waals surface area contributed by atoms with Crippen LogP contribution in [0.5, 0.6) is 0 Å². The van der Waals surface area contributed by atoms with Gasteiger partial charge in [0.2, 0.25) is 0 Å². The highest BCUT2D eigenvalue weighted by Crippen LogP contribution is 2.11. The molecule has 0 aliphatic rings. The summed E-state index contributed by atoms with van der Waals surface area (Å²) in [7, 11) is 0. The summed E-state index contributed by atoms with van der Waals surface area (Å²) in [5.74, 6) is 0. The van der Waals surface area contributed by atoms with Crippen LogP contribution in [-0.4, -0.2) is 0 Å². The van der Waals surface area contributed by atoms with Crippen LogP contribution >= 0.6 is 0 Å². The maximum Gasteiger partial charge on any atom is 0.00440 e. The third-order valence-corrected chi connectivity index (χ3v) is 2.64. The summed E-state index contributed by atoms with van der Waals surface area (Å²) >= 11 is 0. The minimum absolute atomic E-state index is 1.14. The van der Waals surface area contributed by atoms with Gasteiger partial charge < -0.3 is 0 Å².